The van der Waals surface area contributed by atoms with Gasteiger partial charge in [0.05, 0.1) is 11.3 Å². The molecule has 0 fully saturated rings. The second-order valence-corrected chi connectivity index (χ2v) is 8.54. The van der Waals surface area contributed by atoms with Crippen molar-refractivity contribution in [2.45, 2.75) is 19.8 Å². The van der Waals surface area contributed by atoms with Crippen molar-refractivity contribution in [2.75, 3.05) is 25.0 Å². The summed E-state index contributed by atoms with van der Waals surface area (Å²) in [6, 6.07) is 19.2. The van der Waals surface area contributed by atoms with Crippen LogP contribution in [-0.4, -0.2) is 34.5 Å². The van der Waals surface area contributed by atoms with Crippen LogP contribution in [0, 0.1) is 18.3 Å². The molecule has 5 rings (SSSR count). The summed E-state index contributed by atoms with van der Waals surface area (Å²) in [5, 5.41) is 14.5. The number of aromatic nitrogens is 2. The van der Waals surface area contributed by atoms with Gasteiger partial charge in [-0.3, -0.25) is 9.88 Å². The minimum absolute atomic E-state index is 0.563. The molecule has 0 atom stereocenters. The predicted molar refractivity (Wildman–Crippen MR) is 134 cm³/mol. The topological polar surface area (TPSA) is 67.7 Å². The van der Waals surface area contributed by atoms with Crippen LogP contribution in [0.3, 0.4) is 0 Å². The highest BCUT2D eigenvalue weighted by molar-refractivity contribution is 5.90. The van der Waals surface area contributed by atoms with E-state index in [1.54, 1.807) is 6.20 Å². The number of fused-ring (bicyclic) bond motifs is 1. The van der Waals surface area contributed by atoms with Gasteiger partial charge in [0.25, 0.3) is 0 Å². The zero-order valence-electron chi connectivity index (χ0n) is 18.8. The van der Waals surface area contributed by atoms with Crippen molar-refractivity contribution in [2.24, 2.45) is 0 Å². The third-order valence-electron chi connectivity index (χ3n) is 6.53. The lowest BCUT2D eigenvalue weighted by Gasteiger charge is -2.27. The van der Waals surface area contributed by atoms with Gasteiger partial charge in [0.2, 0.25) is 0 Å². The summed E-state index contributed by atoms with van der Waals surface area (Å²) in [4.78, 5) is 10.1. The minimum Gasteiger partial charge on any atom is -0.361 e. The highest BCUT2D eigenvalue weighted by atomic mass is 15.1. The molecule has 164 valence electrons. The molecule has 2 aromatic heterocycles. The summed E-state index contributed by atoms with van der Waals surface area (Å²) in [6.45, 7) is 5.07. The molecule has 0 saturated heterocycles. The zero-order valence-corrected chi connectivity index (χ0v) is 18.8. The van der Waals surface area contributed by atoms with Crippen molar-refractivity contribution in [1.82, 2.24) is 14.9 Å². The van der Waals surface area contributed by atoms with Crippen molar-refractivity contribution >= 4 is 27.9 Å². The Kier molecular flexibility index (Phi) is 5.93. The smallest absolute Gasteiger partial charge is 0.103 e. The Hall–Kier alpha value is -3.88. The van der Waals surface area contributed by atoms with Crippen molar-refractivity contribution in [3.8, 4) is 6.07 Å². The number of hydrogen-bond acceptors (Lipinski definition) is 4. The Balaban J connectivity index is 1.38. The molecule has 1 aliphatic heterocycles. The third-order valence-corrected chi connectivity index (χ3v) is 6.53. The fraction of sp³-hybridized carbons (Fsp3) is 0.214. The van der Waals surface area contributed by atoms with Crippen LogP contribution in [-0.2, 0) is 6.42 Å². The van der Waals surface area contributed by atoms with Gasteiger partial charge in [-0.25, -0.2) is 0 Å². The van der Waals surface area contributed by atoms with E-state index in [4.69, 9.17) is 0 Å². The van der Waals surface area contributed by atoms with E-state index < -0.39 is 0 Å². The number of H-pyrrole nitrogens is 1. The molecule has 0 bridgehead atoms. The molecule has 33 heavy (non-hydrogen) atoms. The maximum absolute atomic E-state index is 9.78. The number of nitrogens with one attached hydrogen (secondary N) is 2. The molecule has 5 nitrogen and oxygen atoms in total. The molecule has 0 radical (unpaired) electrons. The lowest BCUT2D eigenvalue weighted by molar-refractivity contribution is 0.306. The molecular weight excluding hydrogens is 406 g/mol. The van der Waals surface area contributed by atoms with E-state index in [-0.39, 0.29) is 0 Å². The van der Waals surface area contributed by atoms with E-state index in [1.807, 2.05) is 12.4 Å². The number of benzene rings is 2. The molecule has 3 heterocycles. The molecular formula is C28H27N5. The monoisotopic (exact) mass is 433 g/mol. The van der Waals surface area contributed by atoms with Crippen LogP contribution in [0.5, 0.6) is 0 Å². The van der Waals surface area contributed by atoms with E-state index in [0.717, 1.165) is 60.5 Å². The first-order valence-corrected chi connectivity index (χ1v) is 11.4. The van der Waals surface area contributed by atoms with Gasteiger partial charge >= 0.3 is 0 Å². The van der Waals surface area contributed by atoms with Crippen LogP contribution in [0.25, 0.3) is 16.5 Å². The van der Waals surface area contributed by atoms with Gasteiger partial charge < -0.3 is 10.3 Å². The molecule has 5 heteroatoms. The summed E-state index contributed by atoms with van der Waals surface area (Å²) in [5.74, 6) is 0. The molecule has 0 spiro atoms. The first-order valence-electron chi connectivity index (χ1n) is 11.4. The number of aryl methyl sites for hydroxylation is 1. The number of hydrogen-bond donors (Lipinski definition) is 2. The predicted octanol–water partition coefficient (Wildman–Crippen LogP) is 5.82. The normalized spacial score (nSPS) is 14.1. The fourth-order valence-corrected chi connectivity index (χ4v) is 4.57. The van der Waals surface area contributed by atoms with Crippen molar-refractivity contribution in [3.05, 3.63) is 95.5 Å². The number of rotatable bonds is 6. The van der Waals surface area contributed by atoms with Crippen LogP contribution in [0.15, 0.2) is 73.2 Å². The summed E-state index contributed by atoms with van der Waals surface area (Å²) in [5.41, 5.74) is 8.32. The Labute approximate surface area is 194 Å². The molecule has 0 amide bonds. The Morgan fingerprint density at radius 3 is 2.79 bits per heavy atom. The summed E-state index contributed by atoms with van der Waals surface area (Å²) >= 11 is 0. The number of nitrogens with zero attached hydrogens (tertiary/aromatic N) is 3. The Morgan fingerprint density at radius 2 is 2.00 bits per heavy atom. The number of aromatic amines is 1. The summed E-state index contributed by atoms with van der Waals surface area (Å²) in [6.07, 6.45) is 9.78. The van der Waals surface area contributed by atoms with Crippen LogP contribution in [0.4, 0.5) is 11.4 Å². The van der Waals surface area contributed by atoms with E-state index in [9.17, 15) is 5.26 Å². The SMILES string of the molecule is Cc1c(Nc2c(C#N)cncc2C2=CCN(CCc3ccccc3)CC2)ccc2[nH]ccc12. The molecule has 1 aliphatic rings. The summed E-state index contributed by atoms with van der Waals surface area (Å²) < 4.78 is 0. The van der Waals surface area contributed by atoms with Gasteiger partial charge in [-0.2, -0.15) is 5.26 Å². The van der Waals surface area contributed by atoms with E-state index in [0.29, 0.717) is 5.56 Å². The van der Waals surface area contributed by atoms with Gasteiger partial charge in [-0.05, 0) is 54.7 Å². The van der Waals surface area contributed by atoms with Crippen LogP contribution >= 0.6 is 0 Å². The molecule has 2 aromatic carbocycles. The van der Waals surface area contributed by atoms with Gasteiger partial charge in [0.15, 0.2) is 0 Å². The zero-order chi connectivity index (χ0) is 22.6. The average Bonchev–Trinajstić information content (AvgIpc) is 3.35. The minimum atomic E-state index is 0.563. The van der Waals surface area contributed by atoms with E-state index in [2.05, 4.69) is 87.8 Å². The van der Waals surface area contributed by atoms with Crippen LogP contribution < -0.4 is 5.32 Å². The summed E-state index contributed by atoms with van der Waals surface area (Å²) in [7, 11) is 0. The van der Waals surface area contributed by atoms with Gasteiger partial charge in [-0.1, -0.05) is 36.4 Å². The third kappa shape index (κ3) is 4.39. The van der Waals surface area contributed by atoms with Crippen LogP contribution in [0.1, 0.15) is 28.7 Å². The second-order valence-electron chi connectivity index (χ2n) is 8.54. The molecule has 4 aromatic rings. The quantitative estimate of drug-likeness (QED) is 0.402. The molecule has 0 saturated carbocycles. The van der Waals surface area contributed by atoms with Crippen molar-refractivity contribution in [1.29, 1.82) is 5.26 Å². The first kappa shape index (κ1) is 21.0. The van der Waals surface area contributed by atoms with E-state index in [1.165, 1.54) is 16.5 Å². The standard InChI is InChI=1S/C28H27N5/c1-20-24-9-13-31-27(24)8-7-26(20)32-28-23(17-29)18-30-19-25(28)22-11-15-33(16-12-22)14-10-21-5-3-2-4-6-21/h2-9,11,13,18-19,31H,10,12,14-16H2,1H3,(H,30,32). The average molecular weight is 434 g/mol. The van der Waals surface area contributed by atoms with Gasteiger partial charge in [0.1, 0.15) is 6.07 Å². The number of anilines is 2. The Bertz CT molecular complexity index is 1340. The van der Waals surface area contributed by atoms with Crippen molar-refractivity contribution < 1.29 is 0 Å². The van der Waals surface area contributed by atoms with Gasteiger partial charge in [0, 0.05) is 60.4 Å². The molecule has 2 N–H and O–H groups in total. The van der Waals surface area contributed by atoms with Crippen molar-refractivity contribution in [3.63, 3.8) is 0 Å². The maximum Gasteiger partial charge on any atom is 0.103 e. The van der Waals surface area contributed by atoms with Crippen LogP contribution in [0.2, 0.25) is 0 Å². The highest BCUT2D eigenvalue weighted by Crippen LogP contribution is 2.34. The van der Waals surface area contributed by atoms with E-state index >= 15 is 0 Å². The molecule has 0 aliphatic carbocycles. The maximum atomic E-state index is 9.78. The fourth-order valence-electron chi connectivity index (χ4n) is 4.57. The molecule has 0 unspecified atom stereocenters. The Morgan fingerprint density at radius 1 is 1.12 bits per heavy atom. The number of nitriles is 1. The lowest BCUT2D eigenvalue weighted by atomic mass is 9.97. The number of pyridine rings is 1. The lowest BCUT2D eigenvalue weighted by Crippen LogP contribution is -2.30. The second kappa shape index (κ2) is 9.32. The largest absolute Gasteiger partial charge is 0.361 e. The highest BCUT2D eigenvalue weighted by Gasteiger charge is 2.19. The first-order chi connectivity index (χ1) is 16.2. The van der Waals surface area contributed by atoms with Gasteiger partial charge in [-0.15, -0.1) is 0 Å².